The predicted octanol–water partition coefficient (Wildman–Crippen LogP) is 3.39. The number of pyridine rings is 1. The molecule has 20 heavy (non-hydrogen) atoms. The first kappa shape index (κ1) is 16.6. The van der Waals surface area contributed by atoms with Gasteiger partial charge in [0.1, 0.15) is 5.15 Å². The van der Waals surface area contributed by atoms with Crippen molar-refractivity contribution in [1.82, 2.24) is 10.3 Å². The van der Waals surface area contributed by atoms with E-state index >= 15 is 0 Å². The van der Waals surface area contributed by atoms with E-state index < -0.39 is 0 Å². The van der Waals surface area contributed by atoms with E-state index in [1.54, 1.807) is 6.07 Å². The summed E-state index contributed by atoms with van der Waals surface area (Å²) in [6.07, 6.45) is 7.55. The van der Waals surface area contributed by atoms with Gasteiger partial charge in [0.05, 0.1) is 6.54 Å². The van der Waals surface area contributed by atoms with Crippen molar-refractivity contribution in [3.05, 3.63) is 29.0 Å². The highest BCUT2D eigenvalue weighted by Crippen LogP contribution is 2.07. The SMILES string of the molecule is CCCCCCCC(=O)CNC(=O)c1ccnc(Cl)c1. The number of Topliss-reactive ketones (excluding diaryl/α,β-unsaturated/α-hetero) is 1. The lowest BCUT2D eigenvalue weighted by atomic mass is 10.1. The minimum atomic E-state index is -0.298. The maximum atomic E-state index is 11.8. The Morgan fingerprint density at radius 3 is 2.70 bits per heavy atom. The Bertz CT molecular complexity index is 449. The van der Waals surface area contributed by atoms with E-state index in [1.807, 2.05) is 0 Å². The molecule has 4 nitrogen and oxygen atoms in total. The predicted molar refractivity (Wildman–Crippen MR) is 80.0 cm³/mol. The molecule has 1 heterocycles. The largest absolute Gasteiger partial charge is 0.345 e. The van der Waals surface area contributed by atoms with Crippen molar-refractivity contribution in [2.75, 3.05) is 6.54 Å². The molecule has 1 aromatic rings. The van der Waals surface area contributed by atoms with Crippen LogP contribution < -0.4 is 5.32 Å². The monoisotopic (exact) mass is 296 g/mol. The number of nitrogens with one attached hydrogen (secondary N) is 1. The average Bonchev–Trinajstić information content (AvgIpc) is 2.44. The molecule has 1 rings (SSSR count). The van der Waals surface area contributed by atoms with E-state index in [9.17, 15) is 9.59 Å². The molecule has 0 unspecified atom stereocenters. The topological polar surface area (TPSA) is 59.1 Å². The molecule has 1 N–H and O–H groups in total. The van der Waals surface area contributed by atoms with E-state index in [0.717, 1.165) is 12.8 Å². The average molecular weight is 297 g/mol. The fourth-order valence-corrected chi connectivity index (χ4v) is 2.01. The van der Waals surface area contributed by atoms with Crippen molar-refractivity contribution in [1.29, 1.82) is 0 Å². The number of aromatic nitrogens is 1. The van der Waals surface area contributed by atoms with Gasteiger partial charge in [0.15, 0.2) is 5.78 Å². The second-order valence-electron chi connectivity index (χ2n) is 4.75. The summed E-state index contributed by atoms with van der Waals surface area (Å²) >= 11 is 5.70. The molecular weight excluding hydrogens is 276 g/mol. The summed E-state index contributed by atoms with van der Waals surface area (Å²) in [6.45, 7) is 2.23. The van der Waals surface area contributed by atoms with Gasteiger partial charge in [-0.05, 0) is 18.6 Å². The number of carbonyl (C=O) groups is 2. The van der Waals surface area contributed by atoms with E-state index in [2.05, 4.69) is 17.2 Å². The third-order valence-corrected chi connectivity index (χ3v) is 3.20. The van der Waals surface area contributed by atoms with E-state index in [0.29, 0.717) is 12.0 Å². The first-order chi connectivity index (χ1) is 9.63. The minimum absolute atomic E-state index is 0.0648. The highest BCUT2D eigenvalue weighted by Gasteiger charge is 2.08. The Morgan fingerprint density at radius 2 is 2.00 bits per heavy atom. The molecule has 110 valence electrons. The van der Waals surface area contributed by atoms with Gasteiger partial charge in [-0.25, -0.2) is 4.98 Å². The van der Waals surface area contributed by atoms with Gasteiger partial charge in [-0.15, -0.1) is 0 Å². The smallest absolute Gasteiger partial charge is 0.251 e. The number of hydrogen-bond donors (Lipinski definition) is 1. The number of nitrogens with zero attached hydrogens (tertiary/aromatic N) is 1. The summed E-state index contributed by atoms with van der Waals surface area (Å²) in [5, 5.41) is 2.87. The molecule has 5 heteroatoms. The fraction of sp³-hybridized carbons (Fsp3) is 0.533. The summed E-state index contributed by atoms with van der Waals surface area (Å²) in [5.41, 5.74) is 0.417. The summed E-state index contributed by atoms with van der Waals surface area (Å²) in [4.78, 5) is 27.2. The number of hydrogen-bond acceptors (Lipinski definition) is 3. The molecule has 0 bridgehead atoms. The van der Waals surface area contributed by atoms with E-state index in [-0.39, 0.29) is 23.4 Å². The lowest BCUT2D eigenvalue weighted by Crippen LogP contribution is -2.29. The fourth-order valence-electron chi connectivity index (χ4n) is 1.84. The third kappa shape index (κ3) is 6.66. The quantitative estimate of drug-likeness (QED) is 0.561. The van der Waals surface area contributed by atoms with Crippen LogP contribution in [0.4, 0.5) is 0 Å². The van der Waals surface area contributed by atoms with Crippen LogP contribution in [0, 0.1) is 0 Å². The molecule has 0 aliphatic carbocycles. The number of unbranched alkanes of at least 4 members (excludes halogenated alkanes) is 4. The summed E-state index contributed by atoms with van der Waals surface area (Å²) in [6, 6.07) is 3.04. The van der Waals surface area contributed by atoms with Crippen LogP contribution in [-0.2, 0) is 4.79 Å². The summed E-state index contributed by atoms with van der Waals surface area (Å²) in [5.74, 6) is -0.233. The standard InChI is InChI=1S/C15H21ClN2O2/c1-2-3-4-5-6-7-13(19)11-18-15(20)12-8-9-17-14(16)10-12/h8-10H,2-7,11H2,1H3,(H,18,20). The second kappa shape index (κ2) is 9.48. The van der Waals surface area contributed by atoms with Crippen molar-refractivity contribution in [2.24, 2.45) is 0 Å². The van der Waals surface area contributed by atoms with Gasteiger partial charge in [-0.1, -0.05) is 44.2 Å². The Labute approximate surface area is 124 Å². The first-order valence-electron chi connectivity index (χ1n) is 7.05. The van der Waals surface area contributed by atoms with Gasteiger partial charge in [-0.2, -0.15) is 0 Å². The molecular formula is C15H21ClN2O2. The van der Waals surface area contributed by atoms with Crippen LogP contribution in [0.2, 0.25) is 5.15 Å². The Morgan fingerprint density at radius 1 is 1.25 bits per heavy atom. The van der Waals surface area contributed by atoms with Crippen molar-refractivity contribution in [3.8, 4) is 0 Å². The molecule has 1 aromatic heterocycles. The van der Waals surface area contributed by atoms with Gasteiger partial charge in [0, 0.05) is 18.2 Å². The minimum Gasteiger partial charge on any atom is -0.345 e. The van der Waals surface area contributed by atoms with Crippen LogP contribution in [0.15, 0.2) is 18.3 Å². The molecule has 0 aliphatic heterocycles. The zero-order valence-electron chi connectivity index (χ0n) is 11.8. The lowest BCUT2D eigenvalue weighted by molar-refractivity contribution is -0.118. The van der Waals surface area contributed by atoms with E-state index in [4.69, 9.17) is 11.6 Å². The van der Waals surface area contributed by atoms with Crippen molar-refractivity contribution < 1.29 is 9.59 Å². The highest BCUT2D eigenvalue weighted by atomic mass is 35.5. The number of rotatable bonds is 9. The first-order valence-corrected chi connectivity index (χ1v) is 7.42. The maximum Gasteiger partial charge on any atom is 0.251 e. The Kier molecular flexibility index (Phi) is 7.88. The molecule has 1 amide bonds. The van der Waals surface area contributed by atoms with Gasteiger partial charge >= 0.3 is 0 Å². The molecule has 0 saturated heterocycles. The molecule has 0 saturated carbocycles. The van der Waals surface area contributed by atoms with Crippen LogP contribution in [0.3, 0.4) is 0 Å². The normalized spacial score (nSPS) is 10.3. The number of halogens is 1. The summed E-state index contributed by atoms with van der Waals surface area (Å²) in [7, 11) is 0. The van der Waals surface area contributed by atoms with Crippen LogP contribution >= 0.6 is 11.6 Å². The Balaban J connectivity index is 2.22. The van der Waals surface area contributed by atoms with Gasteiger partial charge in [0.25, 0.3) is 5.91 Å². The van der Waals surface area contributed by atoms with Crippen LogP contribution in [-0.4, -0.2) is 23.2 Å². The van der Waals surface area contributed by atoms with Crippen molar-refractivity contribution in [3.63, 3.8) is 0 Å². The number of ketones is 1. The maximum absolute atomic E-state index is 11.8. The molecule has 0 radical (unpaired) electrons. The van der Waals surface area contributed by atoms with Gasteiger partial charge in [-0.3, -0.25) is 9.59 Å². The van der Waals surface area contributed by atoms with Crippen LogP contribution in [0.1, 0.15) is 55.8 Å². The molecule has 0 aromatic carbocycles. The highest BCUT2D eigenvalue weighted by molar-refractivity contribution is 6.29. The number of carbonyl (C=O) groups excluding carboxylic acids is 2. The van der Waals surface area contributed by atoms with E-state index in [1.165, 1.54) is 31.5 Å². The summed E-state index contributed by atoms with van der Waals surface area (Å²) < 4.78 is 0. The van der Waals surface area contributed by atoms with Crippen LogP contribution in [0.5, 0.6) is 0 Å². The molecule has 0 fully saturated rings. The van der Waals surface area contributed by atoms with Crippen molar-refractivity contribution >= 4 is 23.3 Å². The third-order valence-electron chi connectivity index (χ3n) is 2.99. The number of amides is 1. The second-order valence-corrected chi connectivity index (χ2v) is 5.14. The Hall–Kier alpha value is -1.42. The van der Waals surface area contributed by atoms with Gasteiger partial charge < -0.3 is 5.32 Å². The van der Waals surface area contributed by atoms with Crippen molar-refractivity contribution in [2.45, 2.75) is 45.4 Å². The zero-order valence-corrected chi connectivity index (χ0v) is 12.6. The van der Waals surface area contributed by atoms with Gasteiger partial charge in [0.2, 0.25) is 0 Å². The lowest BCUT2D eigenvalue weighted by Gasteiger charge is -2.05. The molecule has 0 aliphatic rings. The zero-order chi connectivity index (χ0) is 14.8. The molecule has 0 atom stereocenters. The van der Waals surface area contributed by atoms with Crippen LogP contribution in [0.25, 0.3) is 0 Å². The molecule has 0 spiro atoms.